The van der Waals surface area contributed by atoms with Gasteiger partial charge in [0.1, 0.15) is 5.01 Å². The summed E-state index contributed by atoms with van der Waals surface area (Å²) in [5.41, 5.74) is 9.35. The summed E-state index contributed by atoms with van der Waals surface area (Å²) < 4.78 is 3.48. The lowest BCUT2D eigenvalue weighted by molar-refractivity contribution is 0.824. The first-order valence-electron chi connectivity index (χ1n) is 6.96. The van der Waals surface area contributed by atoms with Gasteiger partial charge in [0.05, 0.1) is 22.3 Å². The van der Waals surface area contributed by atoms with Crippen molar-refractivity contribution < 1.29 is 0 Å². The highest BCUT2D eigenvalue weighted by Crippen LogP contribution is 2.25. The maximum absolute atomic E-state index is 5.87. The van der Waals surface area contributed by atoms with E-state index in [0.29, 0.717) is 6.54 Å². The molecule has 2 aromatic carbocycles. The van der Waals surface area contributed by atoms with E-state index in [-0.39, 0.29) is 0 Å². The maximum atomic E-state index is 5.87. The van der Waals surface area contributed by atoms with Crippen LogP contribution in [0.4, 0.5) is 0 Å². The summed E-state index contributed by atoms with van der Waals surface area (Å²) in [6.07, 6.45) is 2.12. The first-order chi connectivity index (χ1) is 10.3. The molecule has 4 aromatic rings. The molecule has 3 nitrogen and oxygen atoms in total. The third kappa shape index (κ3) is 2.13. The van der Waals surface area contributed by atoms with Crippen molar-refractivity contribution in [1.82, 2.24) is 9.55 Å². The van der Waals surface area contributed by atoms with Gasteiger partial charge in [-0.2, -0.15) is 0 Å². The van der Waals surface area contributed by atoms with E-state index >= 15 is 0 Å². The zero-order chi connectivity index (χ0) is 14.2. The molecule has 104 valence electrons. The van der Waals surface area contributed by atoms with Crippen LogP contribution < -0.4 is 5.73 Å². The highest BCUT2D eigenvalue weighted by molar-refractivity contribution is 7.18. The molecule has 4 rings (SSSR count). The molecule has 0 unspecified atom stereocenters. The van der Waals surface area contributed by atoms with Crippen LogP contribution in [-0.2, 0) is 13.1 Å². The Labute approximate surface area is 126 Å². The average Bonchev–Trinajstić information content (AvgIpc) is 3.11. The fourth-order valence-corrected chi connectivity index (χ4v) is 3.74. The van der Waals surface area contributed by atoms with E-state index in [4.69, 9.17) is 10.7 Å². The predicted octanol–water partition coefficient (Wildman–Crippen LogP) is 3.76. The predicted molar refractivity (Wildman–Crippen MR) is 88.6 cm³/mol. The Kier molecular flexibility index (Phi) is 2.98. The van der Waals surface area contributed by atoms with Crippen LogP contribution in [0.15, 0.2) is 54.7 Å². The number of aromatic nitrogens is 2. The van der Waals surface area contributed by atoms with Gasteiger partial charge in [-0.25, -0.2) is 4.98 Å². The summed E-state index contributed by atoms with van der Waals surface area (Å²) >= 11 is 1.75. The number of hydrogen-bond donors (Lipinski definition) is 1. The van der Waals surface area contributed by atoms with Gasteiger partial charge >= 0.3 is 0 Å². The van der Waals surface area contributed by atoms with Gasteiger partial charge in [0.15, 0.2) is 0 Å². The third-order valence-electron chi connectivity index (χ3n) is 3.74. The van der Waals surface area contributed by atoms with Crippen LogP contribution in [-0.4, -0.2) is 9.55 Å². The number of thiazole rings is 1. The molecule has 0 amide bonds. The van der Waals surface area contributed by atoms with Crippen molar-refractivity contribution in [3.8, 4) is 0 Å². The largest absolute Gasteiger partial charge is 0.340 e. The monoisotopic (exact) mass is 293 g/mol. The van der Waals surface area contributed by atoms with Gasteiger partial charge in [0.2, 0.25) is 0 Å². The number of hydrogen-bond acceptors (Lipinski definition) is 3. The van der Waals surface area contributed by atoms with E-state index in [2.05, 4.69) is 53.2 Å². The molecule has 21 heavy (non-hydrogen) atoms. The molecule has 0 radical (unpaired) electrons. The summed E-state index contributed by atoms with van der Waals surface area (Å²) in [5, 5.41) is 2.36. The lowest BCUT2D eigenvalue weighted by Gasteiger charge is -2.07. The third-order valence-corrected chi connectivity index (χ3v) is 4.76. The normalized spacial score (nSPS) is 11.5. The van der Waals surface area contributed by atoms with Crippen molar-refractivity contribution in [2.45, 2.75) is 13.1 Å². The molecule has 0 saturated carbocycles. The molecule has 0 fully saturated rings. The number of fused-ring (bicyclic) bond motifs is 2. The highest BCUT2D eigenvalue weighted by Gasteiger charge is 2.08. The number of rotatable bonds is 3. The smallest absolute Gasteiger partial charge is 0.114 e. The molecule has 0 aliphatic heterocycles. The van der Waals surface area contributed by atoms with E-state index < -0.39 is 0 Å². The van der Waals surface area contributed by atoms with Crippen LogP contribution in [0, 0.1) is 0 Å². The highest BCUT2D eigenvalue weighted by atomic mass is 32.1. The Morgan fingerprint density at radius 1 is 1.05 bits per heavy atom. The lowest BCUT2D eigenvalue weighted by Crippen LogP contribution is -2.03. The summed E-state index contributed by atoms with van der Waals surface area (Å²) in [5.74, 6) is 0. The Morgan fingerprint density at radius 3 is 2.81 bits per heavy atom. The first kappa shape index (κ1) is 12.6. The average molecular weight is 293 g/mol. The molecule has 2 N–H and O–H groups in total. The number of nitrogens with zero attached hydrogens (tertiary/aromatic N) is 2. The van der Waals surface area contributed by atoms with Crippen molar-refractivity contribution in [3.05, 3.63) is 65.3 Å². The van der Waals surface area contributed by atoms with Crippen molar-refractivity contribution >= 4 is 32.5 Å². The lowest BCUT2D eigenvalue weighted by atomic mass is 10.1. The second-order valence-corrected chi connectivity index (χ2v) is 6.19. The van der Waals surface area contributed by atoms with Gasteiger partial charge in [-0.3, -0.25) is 0 Å². The Balaban J connectivity index is 1.80. The molecule has 0 bridgehead atoms. The summed E-state index contributed by atoms with van der Waals surface area (Å²) in [6.45, 7) is 1.35. The van der Waals surface area contributed by atoms with E-state index in [1.54, 1.807) is 11.3 Å². The summed E-state index contributed by atoms with van der Waals surface area (Å²) in [6, 6.07) is 16.7. The second kappa shape index (κ2) is 4.98. The molecule has 2 heterocycles. The molecular formula is C17H15N3S. The van der Waals surface area contributed by atoms with E-state index in [1.165, 1.54) is 21.2 Å². The Hall–Kier alpha value is -2.17. The number of benzene rings is 2. The van der Waals surface area contributed by atoms with Gasteiger partial charge in [0, 0.05) is 12.7 Å². The molecule has 0 saturated heterocycles. The van der Waals surface area contributed by atoms with Crippen LogP contribution in [0.5, 0.6) is 0 Å². The van der Waals surface area contributed by atoms with E-state index in [1.807, 2.05) is 6.07 Å². The number of nitrogens with two attached hydrogens (primary N) is 1. The minimum absolute atomic E-state index is 0.557. The zero-order valence-electron chi connectivity index (χ0n) is 11.5. The van der Waals surface area contributed by atoms with Crippen molar-refractivity contribution in [3.63, 3.8) is 0 Å². The van der Waals surface area contributed by atoms with Crippen LogP contribution in [0.3, 0.4) is 0 Å². The van der Waals surface area contributed by atoms with E-state index in [9.17, 15) is 0 Å². The minimum Gasteiger partial charge on any atom is -0.340 e. The zero-order valence-corrected chi connectivity index (χ0v) is 12.3. The Bertz CT molecular complexity index is 887. The maximum Gasteiger partial charge on any atom is 0.114 e. The van der Waals surface area contributed by atoms with Gasteiger partial charge in [0.25, 0.3) is 0 Å². The fraction of sp³-hybridized carbons (Fsp3) is 0.118. The van der Waals surface area contributed by atoms with Crippen LogP contribution in [0.2, 0.25) is 0 Å². The standard InChI is InChI=1S/C17H15N3S/c18-10-13-5-3-4-12-8-9-20(17(12)13)11-16-19-14-6-1-2-7-15(14)21-16/h1-9H,10-11,18H2. The molecule has 4 heteroatoms. The summed E-state index contributed by atoms with van der Waals surface area (Å²) in [4.78, 5) is 4.72. The van der Waals surface area contributed by atoms with Crippen molar-refractivity contribution in [1.29, 1.82) is 0 Å². The number of para-hydroxylation sites is 2. The molecule has 0 spiro atoms. The van der Waals surface area contributed by atoms with Gasteiger partial charge in [-0.15, -0.1) is 11.3 Å². The molecular weight excluding hydrogens is 278 g/mol. The van der Waals surface area contributed by atoms with E-state index in [0.717, 1.165) is 17.1 Å². The van der Waals surface area contributed by atoms with Gasteiger partial charge in [-0.05, 0) is 29.1 Å². The van der Waals surface area contributed by atoms with Crippen LogP contribution >= 0.6 is 11.3 Å². The molecule has 2 aromatic heterocycles. The Morgan fingerprint density at radius 2 is 1.95 bits per heavy atom. The molecule has 0 atom stereocenters. The van der Waals surface area contributed by atoms with Crippen LogP contribution in [0.1, 0.15) is 10.6 Å². The van der Waals surface area contributed by atoms with Crippen LogP contribution in [0.25, 0.3) is 21.1 Å². The minimum atomic E-state index is 0.557. The summed E-state index contributed by atoms with van der Waals surface area (Å²) in [7, 11) is 0. The van der Waals surface area contributed by atoms with Gasteiger partial charge in [-0.1, -0.05) is 30.3 Å². The quantitative estimate of drug-likeness (QED) is 0.625. The van der Waals surface area contributed by atoms with Crippen molar-refractivity contribution in [2.75, 3.05) is 0 Å². The topological polar surface area (TPSA) is 43.8 Å². The fourth-order valence-electron chi connectivity index (χ4n) is 2.77. The first-order valence-corrected chi connectivity index (χ1v) is 7.78. The van der Waals surface area contributed by atoms with Gasteiger partial charge < -0.3 is 10.3 Å². The molecule has 0 aliphatic carbocycles. The molecule has 0 aliphatic rings. The van der Waals surface area contributed by atoms with Crippen molar-refractivity contribution in [2.24, 2.45) is 5.73 Å². The second-order valence-electron chi connectivity index (χ2n) is 5.08. The SMILES string of the molecule is NCc1cccc2ccn(Cc3nc4ccccc4s3)c12.